The van der Waals surface area contributed by atoms with Crippen molar-refractivity contribution in [1.82, 2.24) is 0 Å². The van der Waals surface area contributed by atoms with Gasteiger partial charge in [-0.25, -0.2) is 0 Å². The number of aryl methyl sites for hydroxylation is 1. The number of hydrogen-bond donors (Lipinski definition) is 0. The Labute approximate surface area is 96.0 Å². The fourth-order valence-electron chi connectivity index (χ4n) is 1.36. The van der Waals surface area contributed by atoms with Crippen molar-refractivity contribution < 1.29 is 9.21 Å². The van der Waals surface area contributed by atoms with Crippen molar-refractivity contribution in [2.45, 2.75) is 6.92 Å². The number of carbonyl (C=O) groups is 1. The molecule has 2 rings (SSSR count). The predicted molar refractivity (Wildman–Crippen MR) is 61.0 cm³/mol. The third kappa shape index (κ3) is 2.02. The summed E-state index contributed by atoms with van der Waals surface area (Å²) in [5.41, 5.74) is 2.29. The van der Waals surface area contributed by atoms with Crippen molar-refractivity contribution >= 4 is 21.7 Å². The summed E-state index contributed by atoms with van der Waals surface area (Å²) < 4.78 is 5.70. The van der Waals surface area contributed by atoms with E-state index in [2.05, 4.69) is 15.9 Å². The normalized spacial score (nSPS) is 10.3. The summed E-state index contributed by atoms with van der Waals surface area (Å²) in [6.07, 6.45) is 2.95. The van der Waals surface area contributed by atoms with Crippen LogP contribution in [-0.4, -0.2) is 5.78 Å². The Hall–Kier alpha value is -1.35. The highest BCUT2D eigenvalue weighted by Crippen LogP contribution is 2.21. The summed E-state index contributed by atoms with van der Waals surface area (Å²) in [4.78, 5) is 12.0. The molecule has 0 atom stereocenters. The van der Waals surface area contributed by atoms with Crippen LogP contribution in [0, 0.1) is 6.92 Å². The molecule has 2 aromatic rings. The molecule has 0 radical (unpaired) electrons. The van der Waals surface area contributed by atoms with Crippen LogP contribution in [0.25, 0.3) is 0 Å². The summed E-state index contributed by atoms with van der Waals surface area (Å²) in [6.45, 7) is 1.96. The van der Waals surface area contributed by atoms with Crippen LogP contribution >= 0.6 is 15.9 Å². The van der Waals surface area contributed by atoms with Crippen molar-refractivity contribution in [3.05, 3.63) is 58.0 Å². The number of furan rings is 1. The van der Waals surface area contributed by atoms with Crippen LogP contribution in [0.1, 0.15) is 21.5 Å². The molecule has 0 unspecified atom stereocenters. The van der Waals surface area contributed by atoms with Crippen molar-refractivity contribution in [1.29, 1.82) is 0 Å². The molecule has 0 aliphatic rings. The minimum absolute atomic E-state index is 0.0284. The fraction of sp³-hybridized carbons (Fsp3) is 0.0833. The molecule has 0 aliphatic heterocycles. The lowest BCUT2D eigenvalue weighted by atomic mass is 10.0. The van der Waals surface area contributed by atoms with Gasteiger partial charge in [0.1, 0.15) is 6.26 Å². The van der Waals surface area contributed by atoms with Gasteiger partial charge in [0, 0.05) is 10.0 Å². The van der Waals surface area contributed by atoms with Crippen LogP contribution in [0.3, 0.4) is 0 Å². The number of ketones is 1. The van der Waals surface area contributed by atoms with E-state index in [0.717, 1.165) is 10.0 Å². The molecule has 0 saturated carbocycles. The van der Waals surface area contributed by atoms with E-state index in [1.165, 1.54) is 12.5 Å². The Morgan fingerprint density at radius 1 is 1.33 bits per heavy atom. The minimum atomic E-state index is -0.0284. The summed E-state index contributed by atoms with van der Waals surface area (Å²) in [5.74, 6) is -0.0284. The summed E-state index contributed by atoms with van der Waals surface area (Å²) >= 11 is 3.37. The molecule has 76 valence electrons. The molecule has 3 heteroatoms. The zero-order valence-corrected chi connectivity index (χ0v) is 9.74. The highest BCUT2D eigenvalue weighted by molar-refractivity contribution is 9.10. The monoisotopic (exact) mass is 264 g/mol. The highest BCUT2D eigenvalue weighted by Gasteiger charge is 2.13. The number of rotatable bonds is 2. The number of halogens is 1. The number of benzene rings is 1. The lowest BCUT2D eigenvalue weighted by Gasteiger charge is -2.02. The first kappa shape index (κ1) is 10.2. The molecule has 0 N–H and O–H groups in total. The van der Waals surface area contributed by atoms with Gasteiger partial charge >= 0.3 is 0 Å². The minimum Gasteiger partial charge on any atom is -0.472 e. The molecule has 0 bridgehead atoms. The van der Waals surface area contributed by atoms with Gasteiger partial charge in [0.25, 0.3) is 0 Å². The van der Waals surface area contributed by atoms with Crippen LogP contribution in [0.2, 0.25) is 0 Å². The van der Waals surface area contributed by atoms with Gasteiger partial charge in [-0.1, -0.05) is 27.6 Å². The van der Waals surface area contributed by atoms with Crippen LogP contribution in [0.4, 0.5) is 0 Å². The second-order valence-corrected chi connectivity index (χ2v) is 4.18. The third-order valence-electron chi connectivity index (χ3n) is 2.15. The van der Waals surface area contributed by atoms with E-state index in [1.807, 2.05) is 25.1 Å². The third-order valence-corrected chi connectivity index (χ3v) is 2.84. The second-order valence-electron chi connectivity index (χ2n) is 3.32. The first-order valence-corrected chi connectivity index (χ1v) is 5.31. The summed E-state index contributed by atoms with van der Waals surface area (Å²) in [5, 5.41) is 0. The Balaban J connectivity index is 2.46. The standard InChI is InChI=1S/C12H9BrO2/c1-8-2-3-11(13)10(6-8)12(14)9-4-5-15-7-9/h2-7H,1H3. The van der Waals surface area contributed by atoms with Crippen molar-refractivity contribution in [2.75, 3.05) is 0 Å². The molecule has 0 aliphatic carbocycles. The lowest BCUT2D eigenvalue weighted by molar-refractivity contribution is 0.103. The highest BCUT2D eigenvalue weighted by atomic mass is 79.9. The Morgan fingerprint density at radius 2 is 2.13 bits per heavy atom. The molecule has 0 spiro atoms. The molecular formula is C12H9BrO2. The van der Waals surface area contributed by atoms with Crippen LogP contribution in [-0.2, 0) is 0 Å². The topological polar surface area (TPSA) is 30.2 Å². The smallest absolute Gasteiger partial charge is 0.197 e. The Morgan fingerprint density at radius 3 is 2.80 bits per heavy atom. The summed E-state index contributed by atoms with van der Waals surface area (Å²) in [7, 11) is 0. The molecule has 15 heavy (non-hydrogen) atoms. The predicted octanol–water partition coefficient (Wildman–Crippen LogP) is 3.58. The number of carbonyl (C=O) groups excluding carboxylic acids is 1. The van der Waals surface area contributed by atoms with Gasteiger partial charge in [0.15, 0.2) is 5.78 Å². The van der Waals surface area contributed by atoms with Gasteiger partial charge in [-0.3, -0.25) is 4.79 Å². The fourth-order valence-corrected chi connectivity index (χ4v) is 1.79. The first-order chi connectivity index (χ1) is 7.18. The quantitative estimate of drug-likeness (QED) is 0.777. The van der Waals surface area contributed by atoms with Crippen molar-refractivity contribution in [2.24, 2.45) is 0 Å². The van der Waals surface area contributed by atoms with E-state index >= 15 is 0 Å². The van der Waals surface area contributed by atoms with E-state index < -0.39 is 0 Å². The van der Waals surface area contributed by atoms with E-state index in [1.54, 1.807) is 6.07 Å². The zero-order valence-electron chi connectivity index (χ0n) is 8.16. The van der Waals surface area contributed by atoms with E-state index in [0.29, 0.717) is 11.1 Å². The maximum Gasteiger partial charge on any atom is 0.197 e. The second kappa shape index (κ2) is 4.03. The van der Waals surface area contributed by atoms with E-state index in [-0.39, 0.29) is 5.78 Å². The zero-order chi connectivity index (χ0) is 10.8. The SMILES string of the molecule is Cc1ccc(Br)c(C(=O)c2ccoc2)c1. The van der Waals surface area contributed by atoms with Gasteiger partial charge < -0.3 is 4.42 Å². The molecule has 0 fully saturated rings. The Bertz CT molecular complexity index is 486. The van der Waals surface area contributed by atoms with Crippen molar-refractivity contribution in [3.63, 3.8) is 0 Å². The van der Waals surface area contributed by atoms with Crippen molar-refractivity contribution in [3.8, 4) is 0 Å². The maximum absolute atomic E-state index is 12.0. The van der Waals surface area contributed by atoms with Crippen LogP contribution in [0.15, 0.2) is 45.7 Å². The largest absolute Gasteiger partial charge is 0.472 e. The van der Waals surface area contributed by atoms with Gasteiger partial charge in [0.05, 0.1) is 11.8 Å². The van der Waals surface area contributed by atoms with Gasteiger partial charge in [-0.05, 0) is 25.1 Å². The molecule has 1 aromatic heterocycles. The molecular weight excluding hydrogens is 256 g/mol. The first-order valence-electron chi connectivity index (χ1n) is 4.51. The average molecular weight is 265 g/mol. The van der Waals surface area contributed by atoms with Gasteiger partial charge in [-0.2, -0.15) is 0 Å². The van der Waals surface area contributed by atoms with E-state index in [9.17, 15) is 4.79 Å². The van der Waals surface area contributed by atoms with Crippen LogP contribution in [0.5, 0.6) is 0 Å². The van der Waals surface area contributed by atoms with Crippen LogP contribution < -0.4 is 0 Å². The number of hydrogen-bond acceptors (Lipinski definition) is 2. The van der Waals surface area contributed by atoms with E-state index in [4.69, 9.17) is 4.42 Å². The molecule has 0 amide bonds. The Kier molecular flexibility index (Phi) is 2.73. The molecule has 1 aromatic carbocycles. The lowest BCUT2D eigenvalue weighted by Crippen LogP contribution is -2.01. The maximum atomic E-state index is 12.0. The molecule has 0 saturated heterocycles. The molecule has 2 nitrogen and oxygen atoms in total. The van der Waals surface area contributed by atoms with Gasteiger partial charge in [-0.15, -0.1) is 0 Å². The summed E-state index contributed by atoms with van der Waals surface area (Å²) in [6, 6.07) is 7.36. The van der Waals surface area contributed by atoms with Gasteiger partial charge in [0.2, 0.25) is 0 Å². The molecule has 1 heterocycles. The average Bonchev–Trinajstić information content (AvgIpc) is 2.74.